The maximum atomic E-state index is 13.6. The van der Waals surface area contributed by atoms with E-state index in [9.17, 15) is 13.2 Å². The largest absolute Gasteiger partial charge is 0.367 e. The van der Waals surface area contributed by atoms with Gasteiger partial charge in [-0.05, 0) is 31.9 Å². The highest BCUT2D eigenvalue weighted by Crippen LogP contribution is 2.26. The van der Waals surface area contributed by atoms with Crippen LogP contribution in [0.1, 0.15) is 18.5 Å². The zero-order valence-electron chi connectivity index (χ0n) is 11.3. The number of rotatable bonds is 4. The summed E-state index contributed by atoms with van der Waals surface area (Å²) < 4.78 is 39.7. The lowest BCUT2D eigenvalue weighted by atomic mass is 10.3. The van der Waals surface area contributed by atoms with Gasteiger partial charge in [-0.15, -0.1) is 0 Å². The molecule has 3 rings (SSSR count). The summed E-state index contributed by atoms with van der Waals surface area (Å²) in [5, 5.41) is 5.77. The molecule has 4 nitrogen and oxygen atoms in total. The average Bonchev–Trinajstić information content (AvgIpc) is 3.23. The summed E-state index contributed by atoms with van der Waals surface area (Å²) in [5.41, 5.74) is 0.468. The predicted octanol–water partition coefficient (Wildman–Crippen LogP) is 3.52. The molecular weight excluding hydrogens is 281 g/mol. The Morgan fingerprint density at radius 1 is 1.10 bits per heavy atom. The molecule has 1 aromatic carbocycles. The van der Waals surface area contributed by atoms with Gasteiger partial charge in [-0.25, -0.2) is 18.2 Å². The summed E-state index contributed by atoms with van der Waals surface area (Å²) in [6.45, 7) is 1.77. The third-order valence-corrected chi connectivity index (χ3v) is 3.07. The first-order valence-corrected chi connectivity index (χ1v) is 6.55. The topological polar surface area (TPSA) is 49.8 Å². The van der Waals surface area contributed by atoms with E-state index in [1.165, 1.54) is 0 Å². The van der Waals surface area contributed by atoms with Crippen molar-refractivity contribution in [2.45, 2.75) is 25.8 Å². The van der Waals surface area contributed by atoms with Crippen LogP contribution in [0, 0.1) is 24.4 Å². The Labute approximate surface area is 119 Å². The molecule has 0 spiro atoms. The first-order chi connectivity index (χ1) is 10.0. The van der Waals surface area contributed by atoms with Gasteiger partial charge in [-0.2, -0.15) is 4.98 Å². The molecule has 0 amide bonds. The van der Waals surface area contributed by atoms with Gasteiger partial charge in [0, 0.05) is 17.8 Å². The fraction of sp³-hybridized carbons (Fsp3) is 0.286. The van der Waals surface area contributed by atoms with Crippen molar-refractivity contribution in [3.05, 3.63) is 41.3 Å². The van der Waals surface area contributed by atoms with Crippen LogP contribution >= 0.6 is 0 Å². The number of aryl methyl sites for hydroxylation is 1. The van der Waals surface area contributed by atoms with Crippen LogP contribution in [-0.4, -0.2) is 16.0 Å². The highest BCUT2D eigenvalue weighted by molar-refractivity contribution is 5.56. The lowest BCUT2D eigenvalue weighted by Gasteiger charge is -2.10. The van der Waals surface area contributed by atoms with E-state index in [2.05, 4.69) is 20.6 Å². The number of nitrogens with zero attached hydrogens (tertiary/aromatic N) is 2. The molecule has 0 atom stereocenters. The first-order valence-electron chi connectivity index (χ1n) is 6.55. The van der Waals surface area contributed by atoms with Crippen molar-refractivity contribution >= 4 is 17.5 Å². The first kappa shape index (κ1) is 13.7. The Morgan fingerprint density at radius 3 is 2.57 bits per heavy atom. The highest BCUT2D eigenvalue weighted by Gasteiger charge is 2.22. The summed E-state index contributed by atoms with van der Waals surface area (Å²) in [6, 6.07) is 4.13. The van der Waals surface area contributed by atoms with Crippen molar-refractivity contribution < 1.29 is 13.2 Å². The second-order valence-corrected chi connectivity index (χ2v) is 4.98. The number of nitrogens with one attached hydrogen (secondary N) is 2. The Kier molecular flexibility index (Phi) is 3.40. The quantitative estimate of drug-likeness (QED) is 0.847. The van der Waals surface area contributed by atoms with Crippen molar-refractivity contribution in [2.75, 3.05) is 10.6 Å². The van der Waals surface area contributed by atoms with Gasteiger partial charge in [0.05, 0.1) is 5.69 Å². The molecule has 2 N–H and O–H groups in total. The van der Waals surface area contributed by atoms with Crippen molar-refractivity contribution in [3.8, 4) is 0 Å². The van der Waals surface area contributed by atoms with Gasteiger partial charge in [-0.1, -0.05) is 0 Å². The smallest absolute Gasteiger partial charge is 0.229 e. The highest BCUT2D eigenvalue weighted by atomic mass is 19.2. The average molecular weight is 294 g/mol. The van der Waals surface area contributed by atoms with Crippen LogP contribution in [0.3, 0.4) is 0 Å². The van der Waals surface area contributed by atoms with Gasteiger partial charge in [0.1, 0.15) is 5.82 Å². The lowest BCUT2D eigenvalue weighted by Crippen LogP contribution is -2.08. The van der Waals surface area contributed by atoms with Crippen molar-refractivity contribution in [1.82, 2.24) is 9.97 Å². The summed E-state index contributed by atoms with van der Waals surface area (Å²) in [5.74, 6) is -3.31. The number of aromatic nitrogens is 2. The van der Waals surface area contributed by atoms with E-state index < -0.39 is 17.5 Å². The Bertz CT molecular complexity index is 686. The van der Waals surface area contributed by atoms with E-state index in [-0.39, 0.29) is 11.6 Å². The molecular formula is C14H13F3N4. The third kappa shape index (κ3) is 3.07. The van der Waals surface area contributed by atoms with E-state index >= 15 is 0 Å². The minimum atomic E-state index is -1.52. The monoisotopic (exact) mass is 294 g/mol. The molecule has 1 aliphatic rings. The standard InChI is InChI=1S/C14H13F3N4/c1-7-6-11(19-8-2-3-8)21-14(18-7)20-10-5-4-9(15)12(16)13(10)17/h4-6,8H,2-3H2,1H3,(H2,18,19,20,21). The van der Waals surface area contributed by atoms with Gasteiger partial charge in [0.25, 0.3) is 0 Å². The molecule has 0 bridgehead atoms. The van der Waals surface area contributed by atoms with Crippen LogP contribution in [0.25, 0.3) is 0 Å². The normalized spacial score (nSPS) is 14.1. The molecule has 21 heavy (non-hydrogen) atoms. The maximum Gasteiger partial charge on any atom is 0.229 e. The second-order valence-electron chi connectivity index (χ2n) is 4.98. The van der Waals surface area contributed by atoms with Crippen LogP contribution in [0.4, 0.5) is 30.6 Å². The molecule has 0 unspecified atom stereocenters. The summed E-state index contributed by atoms with van der Waals surface area (Å²) in [6.07, 6.45) is 2.17. The Morgan fingerprint density at radius 2 is 1.86 bits per heavy atom. The lowest BCUT2D eigenvalue weighted by molar-refractivity contribution is 0.449. The number of hydrogen-bond acceptors (Lipinski definition) is 4. The maximum absolute atomic E-state index is 13.6. The molecule has 1 aromatic heterocycles. The molecule has 1 aliphatic carbocycles. The molecule has 0 radical (unpaired) electrons. The van der Waals surface area contributed by atoms with Gasteiger partial charge in [0.2, 0.25) is 5.95 Å². The van der Waals surface area contributed by atoms with Crippen LogP contribution in [0.5, 0.6) is 0 Å². The molecule has 1 heterocycles. The van der Waals surface area contributed by atoms with Gasteiger partial charge in [0.15, 0.2) is 17.5 Å². The molecule has 0 saturated heterocycles. The SMILES string of the molecule is Cc1cc(NC2CC2)nc(Nc2ccc(F)c(F)c2F)n1. The summed E-state index contributed by atoms with van der Waals surface area (Å²) >= 11 is 0. The molecule has 2 aromatic rings. The van der Waals surface area contributed by atoms with Gasteiger partial charge < -0.3 is 10.6 Å². The van der Waals surface area contributed by atoms with Crippen molar-refractivity contribution in [3.63, 3.8) is 0 Å². The van der Waals surface area contributed by atoms with E-state index in [4.69, 9.17) is 0 Å². The van der Waals surface area contributed by atoms with Crippen LogP contribution < -0.4 is 10.6 Å². The molecule has 0 aliphatic heterocycles. The third-order valence-electron chi connectivity index (χ3n) is 3.07. The van der Waals surface area contributed by atoms with Crippen LogP contribution in [-0.2, 0) is 0 Å². The zero-order chi connectivity index (χ0) is 15.0. The fourth-order valence-electron chi connectivity index (χ4n) is 1.88. The minimum absolute atomic E-state index is 0.128. The van der Waals surface area contributed by atoms with Crippen LogP contribution in [0.15, 0.2) is 18.2 Å². The number of hydrogen-bond donors (Lipinski definition) is 2. The fourth-order valence-corrected chi connectivity index (χ4v) is 1.88. The van der Waals surface area contributed by atoms with Gasteiger partial charge in [-0.3, -0.25) is 0 Å². The van der Waals surface area contributed by atoms with Crippen molar-refractivity contribution in [2.24, 2.45) is 0 Å². The molecule has 1 fully saturated rings. The Balaban J connectivity index is 1.87. The van der Waals surface area contributed by atoms with Crippen molar-refractivity contribution in [1.29, 1.82) is 0 Å². The van der Waals surface area contributed by atoms with Crippen LogP contribution in [0.2, 0.25) is 0 Å². The molecule has 110 valence electrons. The number of benzene rings is 1. The van der Waals surface area contributed by atoms with E-state index in [1.54, 1.807) is 13.0 Å². The van der Waals surface area contributed by atoms with Gasteiger partial charge >= 0.3 is 0 Å². The molecule has 7 heteroatoms. The zero-order valence-corrected chi connectivity index (χ0v) is 11.3. The Hall–Kier alpha value is -2.31. The predicted molar refractivity (Wildman–Crippen MR) is 73.0 cm³/mol. The minimum Gasteiger partial charge on any atom is -0.367 e. The summed E-state index contributed by atoms with van der Waals surface area (Å²) in [4.78, 5) is 8.29. The number of anilines is 3. The summed E-state index contributed by atoms with van der Waals surface area (Å²) in [7, 11) is 0. The van der Waals surface area contributed by atoms with E-state index in [0.29, 0.717) is 17.6 Å². The number of halogens is 3. The van der Waals surface area contributed by atoms with E-state index in [0.717, 1.165) is 25.0 Å². The van der Waals surface area contributed by atoms with E-state index in [1.807, 2.05) is 0 Å². The molecule has 1 saturated carbocycles. The second kappa shape index (κ2) is 5.23.